The van der Waals surface area contributed by atoms with Crippen molar-refractivity contribution in [2.24, 2.45) is 5.92 Å². The maximum atomic E-state index is 12.8. The highest BCUT2D eigenvalue weighted by Crippen LogP contribution is 2.21. The van der Waals surface area contributed by atoms with E-state index in [4.69, 9.17) is 4.74 Å². The predicted octanol–water partition coefficient (Wildman–Crippen LogP) is 0.914. The lowest BCUT2D eigenvalue weighted by atomic mass is 9.95. The molecular weight excluding hydrogens is 348 g/mol. The highest BCUT2D eigenvalue weighted by Gasteiger charge is 2.32. The number of hydrogen-bond donors (Lipinski definition) is 1. The van der Waals surface area contributed by atoms with Gasteiger partial charge < -0.3 is 19.9 Å². The lowest BCUT2D eigenvalue weighted by Crippen LogP contribution is -2.54. The van der Waals surface area contributed by atoms with Crippen molar-refractivity contribution in [3.05, 3.63) is 0 Å². The first kappa shape index (κ1) is 21.5. The molecule has 0 saturated carbocycles. The monoisotopic (exact) mass is 382 g/mol. The van der Waals surface area contributed by atoms with Gasteiger partial charge in [0, 0.05) is 50.7 Å². The summed E-state index contributed by atoms with van der Waals surface area (Å²) in [4.78, 5) is 42.2. The van der Waals surface area contributed by atoms with Gasteiger partial charge in [0.25, 0.3) is 0 Å². The molecule has 154 valence electrons. The minimum absolute atomic E-state index is 0.0218. The molecule has 0 aromatic carbocycles. The van der Waals surface area contributed by atoms with Crippen LogP contribution in [0.1, 0.15) is 40.5 Å². The summed E-state index contributed by atoms with van der Waals surface area (Å²) in [5, 5.41) is 2.97. The largest absolute Gasteiger partial charge is 0.450 e. The third-order valence-electron chi connectivity index (χ3n) is 4.94. The minimum Gasteiger partial charge on any atom is -0.450 e. The van der Waals surface area contributed by atoms with Gasteiger partial charge in [0.15, 0.2) is 0 Å². The van der Waals surface area contributed by atoms with Crippen LogP contribution in [0.15, 0.2) is 0 Å². The third kappa shape index (κ3) is 6.68. The number of carbonyl (C=O) groups excluding carboxylic acids is 3. The van der Waals surface area contributed by atoms with E-state index in [0.29, 0.717) is 65.3 Å². The number of piperazine rings is 1. The molecule has 2 fully saturated rings. The number of nitrogens with one attached hydrogen (secondary N) is 1. The van der Waals surface area contributed by atoms with Crippen molar-refractivity contribution >= 4 is 17.9 Å². The Labute approximate surface area is 162 Å². The van der Waals surface area contributed by atoms with Gasteiger partial charge in [0.05, 0.1) is 13.2 Å². The van der Waals surface area contributed by atoms with Crippen LogP contribution in [0.25, 0.3) is 0 Å². The van der Waals surface area contributed by atoms with Gasteiger partial charge in [-0.3, -0.25) is 14.5 Å². The first-order valence-corrected chi connectivity index (χ1v) is 9.93. The Kier molecular flexibility index (Phi) is 7.47. The van der Waals surface area contributed by atoms with Crippen LogP contribution in [0, 0.1) is 5.92 Å². The Hall–Kier alpha value is -1.83. The highest BCUT2D eigenvalue weighted by atomic mass is 16.6. The molecule has 2 aliphatic heterocycles. The van der Waals surface area contributed by atoms with E-state index in [1.807, 2.05) is 25.7 Å². The van der Waals surface area contributed by atoms with Crippen molar-refractivity contribution in [2.75, 3.05) is 52.4 Å². The number of piperidine rings is 1. The molecular formula is C19H34N4O4. The minimum atomic E-state index is -0.287. The predicted molar refractivity (Wildman–Crippen MR) is 102 cm³/mol. The average Bonchev–Trinajstić information content (AvgIpc) is 2.60. The molecule has 0 unspecified atom stereocenters. The van der Waals surface area contributed by atoms with Crippen molar-refractivity contribution in [3.8, 4) is 0 Å². The molecule has 27 heavy (non-hydrogen) atoms. The number of amides is 3. The Morgan fingerprint density at radius 2 is 1.56 bits per heavy atom. The molecule has 2 rings (SSSR count). The van der Waals surface area contributed by atoms with Crippen LogP contribution < -0.4 is 5.32 Å². The Morgan fingerprint density at radius 1 is 0.963 bits per heavy atom. The van der Waals surface area contributed by atoms with Crippen LogP contribution in [0.2, 0.25) is 0 Å². The molecule has 0 aliphatic carbocycles. The van der Waals surface area contributed by atoms with Gasteiger partial charge in [0.1, 0.15) is 0 Å². The molecule has 0 aromatic rings. The first-order valence-electron chi connectivity index (χ1n) is 9.93. The molecule has 2 aliphatic rings. The van der Waals surface area contributed by atoms with Gasteiger partial charge in [0.2, 0.25) is 11.8 Å². The summed E-state index contributed by atoms with van der Waals surface area (Å²) in [5.41, 5.74) is -0.229. The second-order valence-electron chi connectivity index (χ2n) is 8.36. The standard InChI is InChI=1S/C19H34N4O4/c1-5-27-18(26)23-8-6-15(7-9-23)17(25)22-12-10-21(11-13-22)14-16(24)20-19(2,3)4/h15H,5-14H2,1-4H3,(H,20,24). The molecule has 2 saturated heterocycles. The summed E-state index contributed by atoms with van der Waals surface area (Å²) in [6, 6.07) is 0. The van der Waals surface area contributed by atoms with Crippen molar-refractivity contribution in [3.63, 3.8) is 0 Å². The fraction of sp³-hybridized carbons (Fsp3) is 0.842. The van der Waals surface area contributed by atoms with Crippen LogP contribution in [-0.4, -0.2) is 90.6 Å². The maximum Gasteiger partial charge on any atom is 0.409 e. The topological polar surface area (TPSA) is 82.2 Å². The van der Waals surface area contributed by atoms with Gasteiger partial charge in [-0.15, -0.1) is 0 Å². The fourth-order valence-electron chi connectivity index (χ4n) is 3.57. The van der Waals surface area contributed by atoms with E-state index < -0.39 is 0 Å². The summed E-state index contributed by atoms with van der Waals surface area (Å²) in [6.45, 7) is 12.3. The molecule has 0 spiro atoms. The Balaban J connectivity index is 1.72. The molecule has 8 heteroatoms. The van der Waals surface area contributed by atoms with E-state index in [1.54, 1.807) is 11.8 Å². The van der Waals surface area contributed by atoms with Crippen LogP contribution in [-0.2, 0) is 14.3 Å². The van der Waals surface area contributed by atoms with Crippen LogP contribution in [0.3, 0.4) is 0 Å². The van der Waals surface area contributed by atoms with Crippen LogP contribution in [0.5, 0.6) is 0 Å². The van der Waals surface area contributed by atoms with Gasteiger partial charge in [-0.05, 0) is 40.5 Å². The molecule has 1 N–H and O–H groups in total. The second-order valence-corrected chi connectivity index (χ2v) is 8.36. The lowest BCUT2D eigenvalue weighted by Gasteiger charge is -2.38. The van der Waals surface area contributed by atoms with Crippen molar-refractivity contribution < 1.29 is 19.1 Å². The Morgan fingerprint density at radius 3 is 2.07 bits per heavy atom. The van der Waals surface area contributed by atoms with E-state index in [0.717, 1.165) is 0 Å². The Bertz CT molecular complexity index is 530. The summed E-state index contributed by atoms with van der Waals surface area (Å²) in [5.74, 6) is 0.178. The SMILES string of the molecule is CCOC(=O)N1CCC(C(=O)N2CCN(CC(=O)NC(C)(C)C)CC2)CC1. The quantitative estimate of drug-likeness (QED) is 0.782. The van der Waals surface area contributed by atoms with E-state index in [1.165, 1.54) is 0 Å². The highest BCUT2D eigenvalue weighted by molar-refractivity contribution is 5.80. The van der Waals surface area contributed by atoms with Gasteiger partial charge in [-0.25, -0.2) is 4.79 Å². The molecule has 8 nitrogen and oxygen atoms in total. The molecule has 0 bridgehead atoms. The van der Waals surface area contributed by atoms with E-state index in [2.05, 4.69) is 10.2 Å². The summed E-state index contributed by atoms with van der Waals surface area (Å²) in [7, 11) is 0. The number of nitrogens with zero attached hydrogens (tertiary/aromatic N) is 3. The number of likely N-dealkylation sites (tertiary alicyclic amines) is 1. The summed E-state index contributed by atoms with van der Waals surface area (Å²) < 4.78 is 5.02. The maximum absolute atomic E-state index is 12.8. The molecule has 0 atom stereocenters. The molecule has 0 radical (unpaired) electrons. The average molecular weight is 383 g/mol. The van der Waals surface area contributed by atoms with E-state index in [9.17, 15) is 14.4 Å². The van der Waals surface area contributed by atoms with Crippen LogP contribution >= 0.6 is 0 Å². The lowest BCUT2D eigenvalue weighted by molar-refractivity contribution is -0.139. The van der Waals surface area contributed by atoms with Crippen LogP contribution in [0.4, 0.5) is 4.79 Å². The van der Waals surface area contributed by atoms with Crippen molar-refractivity contribution in [1.82, 2.24) is 20.0 Å². The van der Waals surface area contributed by atoms with Gasteiger partial charge in [-0.1, -0.05) is 0 Å². The number of hydrogen-bond acceptors (Lipinski definition) is 5. The normalized spacial score (nSPS) is 19.7. The molecule has 2 heterocycles. The zero-order valence-electron chi connectivity index (χ0n) is 17.1. The van der Waals surface area contributed by atoms with Crippen molar-refractivity contribution in [1.29, 1.82) is 0 Å². The number of ether oxygens (including phenoxy) is 1. The van der Waals surface area contributed by atoms with Gasteiger partial charge >= 0.3 is 6.09 Å². The van der Waals surface area contributed by atoms with E-state index >= 15 is 0 Å². The second kappa shape index (κ2) is 9.39. The van der Waals surface area contributed by atoms with Gasteiger partial charge in [-0.2, -0.15) is 0 Å². The number of rotatable bonds is 4. The zero-order valence-corrected chi connectivity index (χ0v) is 17.1. The van der Waals surface area contributed by atoms with Crippen molar-refractivity contribution in [2.45, 2.75) is 46.1 Å². The molecule has 3 amide bonds. The summed E-state index contributed by atoms with van der Waals surface area (Å²) in [6.07, 6.45) is 1.09. The fourth-order valence-corrected chi connectivity index (χ4v) is 3.57. The number of carbonyl (C=O) groups is 3. The van der Waals surface area contributed by atoms with E-state index in [-0.39, 0.29) is 29.4 Å². The molecule has 0 aromatic heterocycles. The first-order chi connectivity index (χ1) is 12.7. The zero-order chi connectivity index (χ0) is 20.0. The summed E-state index contributed by atoms with van der Waals surface area (Å²) >= 11 is 0. The third-order valence-corrected chi connectivity index (χ3v) is 4.94. The smallest absolute Gasteiger partial charge is 0.409 e.